The summed E-state index contributed by atoms with van der Waals surface area (Å²) in [6.07, 6.45) is -4.55. The van der Waals surface area contributed by atoms with E-state index in [1.807, 2.05) is 0 Å². The molecule has 0 saturated carbocycles. The molecule has 0 amide bonds. The van der Waals surface area contributed by atoms with Gasteiger partial charge in [-0.15, -0.1) is 16.7 Å². The Hall–Kier alpha value is -1.34. The Bertz CT molecular complexity index is 595. The molecule has 0 radical (unpaired) electrons. The number of hydrogen-bond donors (Lipinski definition) is 0. The van der Waals surface area contributed by atoms with E-state index in [0.717, 1.165) is 16.8 Å². The van der Waals surface area contributed by atoms with Crippen LogP contribution in [0.15, 0.2) is 18.2 Å². The number of benzene rings is 1. The van der Waals surface area contributed by atoms with E-state index in [1.165, 1.54) is 6.07 Å². The van der Waals surface area contributed by atoms with Gasteiger partial charge in [-0.3, -0.25) is 0 Å². The average molecular weight is 311 g/mol. The highest BCUT2D eigenvalue weighted by Gasteiger charge is 2.33. The Morgan fingerprint density at radius 2 is 2.00 bits per heavy atom. The highest BCUT2D eigenvalue weighted by Crippen LogP contribution is 2.36. The van der Waals surface area contributed by atoms with E-state index in [-0.39, 0.29) is 16.5 Å². The molecule has 0 saturated heterocycles. The lowest BCUT2D eigenvalue weighted by Crippen LogP contribution is -2.09. The molecule has 2 aromatic rings. The first-order chi connectivity index (χ1) is 8.80. The number of aromatic nitrogens is 4. The average Bonchev–Trinajstić information content (AvgIpc) is 2.77. The minimum absolute atomic E-state index is 0.143. The van der Waals surface area contributed by atoms with Crippen molar-refractivity contribution in [2.75, 3.05) is 0 Å². The molecule has 4 nitrogen and oxygen atoms in total. The number of nitrogens with zero attached hydrogens (tertiary/aromatic N) is 4. The molecule has 0 bridgehead atoms. The molecule has 19 heavy (non-hydrogen) atoms. The molecule has 1 aromatic carbocycles. The van der Waals surface area contributed by atoms with Gasteiger partial charge < -0.3 is 0 Å². The van der Waals surface area contributed by atoms with Gasteiger partial charge in [-0.1, -0.05) is 11.6 Å². The van der Waals surface area contributed by atoms with Gasteiger partial charge >= 0.3 is 6.18 Å². The maximum Gasteiger partial charge on any atom is 0.417 e. The van der Waals surface area contributed by atoms with E-state index in [2.05, 4.69) is 15.5 Å². The van der Waals surface area contributed by atoms with Gasteiger partial charge in [0.15, 0.2) is 5.82 Å². The van der Waals surface area contributed by atoms with E-state index < -0.39 is 17.1 Å². The Kier molecular flexibility index (Phi) is 3.69. The smallest absolute Gasteiger partial charge is 0.196 e. The van der Waals surface area contributed by atoms with Crippen LogP contribution in [-0.2, 0) is 6.18 Å². The quantitative estimate of drug-likeness (QED) is 0.795. The molecule has 0 aliphatic rings. The molecule has 2 rings (SSSR count). The number of rotatable bonds is 2. The number of alkyl halides is 4. The lowest BCUT2D eigenvalue weighted by Gasteiger charge is -2.11. The molecule has 0 aliphatic carbocycles. The Balaban J connectivity index is 2.55. The van der Waals surface area contributed by atoms with Crippen LogP contribution < -0.4 is 0 Å². The molecule has 0 fully saturated rings. The van der Waals surface area contributed by atoms with Gasteiger partial charge in [-0.05, 0) is 35.5 Å². The fourth-order valence-corrected chi connectivity index (χ4v) is 1.85. The minimum atomic E-state index is -4.55. The second-order valence-electron chi connectivity index (χ2n) is 3.73. The van der Waals surface area contributed by atoms with Gasteiger partial charge in [0.1, 0.15) is 0 Å². The first-order valence-electron chi connectivity index (χ1n) is 5.10. The van der Waals surface area contributed by atoms with Gasteiger partial charge in [0, 0.05) is 0 Å². The van der Waals surface area contributed by atoms with Crippen LogP contribution in [0.3, 0.4) is 0 Å². The monoisotopic (exact) mass is 310 g/mol. The first-order valence-corrected chi connectivity index (χ1v) is 5.91. The topological polar surface area (TPSA) is 43.6 Å². The van der Waals surface area contributed by atoms with Crippen molar-refractivity contribution >= 4 is 23.2 Å². The number of tetrazole rings is 1. The molecular weight excluding hydrogens is 304 g/mol. The fourth-order valence-electron chi connectivity index (χ4n) is 1.49. The molecule has 0 aliphatic heterocycles. The van der Waals surface area contributed by atoms with E-state index in [9.17, 15) is 13.2 Å². The summed E-state index contributed by atoms with van der Waals surface area (Å²) in [4.78, 5) is 0. The summed E-state index contributed by atoms with van der Waals surface area (Å²) < 4.78 is 39.4. The van der Waals surface area contributed by atoms with Gasteiger partial charge in [0.05, 0.1) is 21.7 Å². The molecule has 1 atom stereocenters. The van der Waals surface area contributed by atoms with Crippen molar-refractivity contribution in [2.45, 2.75) is 18.5 Å². The molecule has 1 unspecified atom stereocenters. The third kappa shape index (κ3) is 2.82. The van der Waals surface area contributed by atoms with E-state index in [1.54, 1.807) is 6.92 Å². The third-order valence-electron chi connectivity index (χ3n) is 2.35. The van der Waals surface area contributed by atoms with Crippen molar-refractivity contribution in [2.24, 2.45) is 0 Å². The zero-order valence-electron chi connectivity index (χ0n) is 9.49. The largest absolute Gasteiger partial charge is 0.417 e. The standard InChI is InChI=1S/C10H7Cl2F3N4/c1-5(11)9-16-17-18-19(9)6-2-3-8(12)7(4-6)10(13,14)15/h2-5H,1H3. The molecule has 0 spiro atoms. The summed E-state index contributed by atoms with van der Waals surface area (Å²) in [5.74, 6) is 0.247. The highest BCUT2D eigenvalue weighted by molar-refractivity contribution is 6.31. The van der Waals surface area contributed by atoms with E-state index in [4.69, 9.17) is 23.2 Å². The summed E-state index contributed by atoms with van der Waals surface area (Å²) in [7, 11) is 0. The number of hydrogen-bond acceptors (Lipinski definition) is 3. The normalized spacial score (nSPS) is 13.6. The van der Waals surface area contributed by atoms with Crippen molar-refractivity contribution in [3.63, 3.8) is 0 Å². The second kappa shape index (κ2) is 4.97. The fraction of sp³-hybridized carbons (Fsp3) is 0.300. The van der Waals surface area contributed by atoms with Crippen LogP contribution in [0.5, 0.6) is 0 Å². The van der Waals surface area contributed by atoms with Crippen molar-refractivity contribution in [3.05, 3.63) is 34.6 Å². The zero-order valence-corrected chi connectivity index (χ0v) is 11.0. The van der Waals surface area contributed by atoms with Crippen LogP contribution in [0.1, 0.15) is 23.7 Å². The SMILES string of the molecule is CC(Cl)c1nnnn1-c1ccc(Cl)c(C(F)(F)F)c1. The van der Waals surface area contributed by atoms with Crippen molar-refractivity contribution in [1.29, 1.82) is 0 Å². The summed E-state index contributed by atoms with van der Waals surface area (Å²) in [5.41, 5.74) is -0.806. The summed E-state index contributed by atoms with van der Waals surface area (Å²) >= 11 is 11.4. The van der Waals surface area contributed by atoms with E-state index >= 15 is 0 Å². The van der Waals surface area contributed by atoms with Gasteiger partial charge in [-0.2, -0.15) is 17.9 Å². The van der Waals surface area contributed by atoms with Crippen LogP contribution >= 0.6 is 23.2 Å². The molecule has 1 aromatic heterocycles. The summed E-state index contributed by atoms with van der Waals surface area (Å²) in [6, 6.07) is 3.40. The summed E-state index contributed by atoms with van der Waals surface area (Å²) in [5, 5.41) is 9.76. The van der Waals surface area contributed by atoms with Crippen LogP contribution in [0.2, 0.25) is 5.02 Å². The van der Waals surface area contributed by atoms with Gasteiger partial charge in [0.2, 0.25) is 0 Å². The van der Waals surface area contributed by atoms with E-state index in [0.29, 0.717) is 0 Å². The van der Waals surface area contributed by atoms with Crippen LogP contribution in [0.4, 0.5) is 13.2 Å². The lowest BCUT2D eigenvalue weighted by molar-refractivity contribution is -0.137. The Morgan fingerprint density at radius 1 is 1.32 bits per heavy atom. The van der Waals surface area contributed by atoms with Crippen molar-refractivity contribution in [3.8, 4) is 5.69 Å². The van der Waals surface area contributed by atoms with Crippen LogP contribution in [0, 0.1) is 0 Å². The van der Waals surface area contributed by atoms with Crippen LogP contribution in [-0.4, -0.2) is 20.2 Å². The zero-order chi connectivity index (χ0) is 14.2. The molecular formula is C10H7Cl2F3N4. The molecule has 0 N–H and O–H groups in total. The van der Waals surface area contributed by atoms with Crippen molar-refractivity contribution < 1.29 is 13.2 Å². The van der Waals surface area contributed by atoms with Gasteiger partial charge in [0.25, 0.3) is 0 Å². The predicted octanol–water partition coefficient (Wildman–Crippen LogP) is 3.63. The third-order valence-corrected chi connectivity index (χ3v) is 2.87. The lowest BCUT2D eigenvalue weighted by atomic mass is 10.2. The maximum absolute atomic E-state index is 12.8. The van der Waals surface area contributed by atoms with Crippen LogP contribution in [0.25, 0.3) is 5.69 Å². The maximum atomic E-state index is 12.8. The molecule has 9 heteroatoms. The Morgan fingerprint density at radius 3 is 2.58 bits per heavy atom. The van der Waals surface area contributed by atoms with Gasteiger partial charge in [-0.25, -0.2) is 0 Å². The molecule has 102 valence electrons. The number of halogens is 5. The molecule has 1 heterocycles. The second-order valence-corrected chi connectivity index (χ2v) is 4.79. The predicted molar refractivity (Wildman–Crippen MR) is 63.4 cm³/mol. The minimum Gasteiger partial charge on any atom is -0.196 e. The summed E-state index contributed by atoms with van der Waals surface area (Å²) in [6.45, 7) is 1.62. The first kappa shape index (κ1) is 14.1. The highest BCUT2D eigenvalue weighted by atomic mass is 35.5. The Labute approximate surface area is 116 Å². The van der Waals surface area contributed by atoms with Crippen molar-refractivity contribution in [1.82, 2.24) is 20.2 Å².